The fourth-order valence-electron chi connectivity index (χ4n) is 1.81. The first-order chi connectivity index (χ1) is 10.4. The summed E-state index contributed by atoms with van der Waals surface area (Å²) < 4.78 is 10.4. The van der Waals surface area contributed by atoms with E-state index < -0.39 is 11.7 Å². The Labute approximate surface area is 141 Å². The van der Waals surface area contributed by atoms with Gasteiger partial charge in [-0.05, 0) is 45.0 Å². The molecule has 0 aliphatic rings. The third-order valence-corrected chi connectivity index (χ3v) is 2.71. The number of methoxy groups -OCH3 is 1. The Morgan fingerprint density at radius 3 is 2.57 bits per heavy atom. The summed E-state index contributed by atoms with van der Waals surface area (Å²) in [6.07, 6.45) is 1.10. The lowest BCUT2D eigenvalue weighted by molar-refractivity contribution is 0.0541. The highest BCUT2D eigenvalue weighted by molar-refractivity contribution is 5.85. The minimum absolute atomic E-state index is 0. The molecule has 0 spiro atoms. The summed E-state index contributed by atoms with van der Waals surface area (Å²) in [4.78, 5) is 11.7. The smallest absolute Gasteiger partial charge is 0.426 e. The van der Waals surface area contributed by atoms with E-state index in [4.69, 9.17) is 9.47 Å². The van der Waals surface area contributed by atoms with Crippen LogP contribution in [0.1, 0.15) is 20.8 Å². The van der Waals surface area contributed by atoms with Gasteiger partial charge in [0.25, 0.3) is 0 Å². The number of carbonyl (C=O) groups is 1. The average Bonchev–Trinajstić information content (AvgIpc) is 2.97. The average molecular weight is 341 g/mol. The van der Waals surface area contributed by atoms with Gasteiger partial charge in [0, 0.05) is 11.8 Å². The maximum atomic E-state index is 11.7. The molecule has 0 bridgehead atoms. The van der Waals surface area contributed by atoms with Crippen molar-refractivity contribution in [1.29, 1.82) is 0 Å². The number of hydrogen-bond donors (Lipinski definition) is 3. The molecule has 1 aromatic carbocycles. The lowest BCUT2D eigenvalue weighted by atomic mass is 10.1. The Balaban J connectivity index is 0.00000264. The second kappa shape index (κ2) is 7.73. The molecule has 0 aliphatic carbocycles. The highest BCUT2D eigenvalue weighted by Gasteiger charge is 2.16. The topological polar surface area (TPSA) is 88.3 Å². The van der Waals surface area contributed by atoms with Crippen molar-refractivity contribution in [1.82, 2.24) is 15.6 Å². The SMILES string of the molecule is COc1ccc(-c2ccn[nH]2)cc1NNC(=O)OC(C)(C)C.Cl. The molecule has 0 saturated carbocycles. The number of rotatable bonds is 4. The number of aromatic nitrogens is 2. The third kappa shape index (κ3) is 5.37. The van der Waals surface area contributed by atoms with Crippen LogP contribution in [0.3, 0.4) is 0 Å². The zero-order valence-electron chi connectivity index (χ0n) is 13.5. The summed E-state index contributed by atoms with van der Waals surface area (Å²) in [7, 11) is 1.56. The van der Waals surface area contributed by atoms with Gasteiger partial charge in [0.1, 0.15) is 11.4 Å². The lowest BCUT2D eigenvalue weighted by Crippen LogP contribution is -2.35. The predicted octanol–water partition coefficient (Wildman–Crippen LogP) is 3.36. The van der Waals surface area contributed by atoms with E-state index in [2.05, 4.69) is 21.0 Å². The predicted molar refractivity (Wildman–Crippen MR) is 90.8 cm³/mol. The Hall–Kier alpha value is -2.41. The second-order valence-electron chi connectivity index (χ2n) is 5.64. The molecule has 23 heavy (non-hydrogen) atoms. The van der Waals surface area contributed by atoms with Gasteiger partial charge in [-0.15, -0.1) is 12.4 Å². The van der Waals surface area contributed by atoms with Crippen molar-refractivity contribution in [2.45, 2.75) is 26.4 Å². The summed E-state index contributed by atoms with van der Waals surface area (Å²) in [5, 5.41) is 6.80. The van der Waals surface area contributed by atoms with Crippen molar-refractivity contribution in [3.05, 3.63) is 30.5 Å². The minimum atomic E-state index is -0.568. The van der Waals surface area contributed by atoms with E-state index in [9.17, 15) is 4.79 Å². The molecule has 7 nitrogen and oxygen atoms in total. The first-order valence-corrected chi connectivity index (χ1v) is 6.82. The molecule has 1 aromatic heterocycles. The number of hydrazine groups is 1. The van der Waals surface area contributed by atoms with Crippen molar-refractivity contribution in [2.75, 3.05) is 12.5 Å². The van der Waals surface area contributed by atoms with Crippen LogP contribution in [0.4, 0.5) is 10.5 Å². The maximum absolute atomic E-state index is 11.7. The molecule has 8 heteroatoms. The molecular formula is C15H21ClN4O3. The number of nitrogens with zero attached hydrogens (tertiary/aromatic N) is 1. The van der Waals surface area contributed by atoms with Crippen LogP contribution >= 0.6 is 12.4 Å². The molecule has 1 amide bonds. The molecule has 2 aromatic rings. The van der Waals surface area contributed by atoms with Crippen LogP contribution in [0.25, 0.3) is 11.3 Å². The molecule has 0 atom stereocenters. The molecule has 3 N–H and O–H groups in total. The fourth-order valence-corrected chi connectivity index (χ4v) is 1.81. The minimum Gasteiger partial charge on any atom is -0.495 e. The Morgan fingerprint density at radius 1 is 1.26 bits per heavy atom. The van der Waals surface area contributed by atoms with Gasteiger partial charge in [-0.25, -0.2) is 10.2 Å². The van der Waals surface area contributed by atoms with Crippen molar-refractivity contribution < 1.29 is 14.3 Å². The summed E-state index contributed by atoms with van der Waals surface area (Å²) >= 11 is 0. The van der Waals surface area contributed by atoms with Crippen molar-refractivity contribution in [3.63, 3.8) is 0 Å². The number of aromatic amines is 1. The number of H-pyrrole nitrogens is 1. The van der Waals surface area contributed by atoms with Crippen LogP contribution in [0.2, 0.25) is 0 Å². The zero-order chi connectivity index (χ0) is 16.2. The molecule has 0 saturated heterocycles. The zero-order valence-corrected chi connectivity index (χ0v) is 14.3. The Kier molecular flexibility index (Phi) is 6.27. The van der Waals surface area contributed by atoms with E-state index >= 15 is 0 Å². The number of anilines is 1. The lowest BCUT2D eigenvalue weighted by Gasteiger charge is -2.20. The number of nitrogens with one attached hydrogen (secondary N) is 3. The standard InChI is InChI=1S/C15H20N4O3.ClH/c1-15(2,3)22-14(20)19-18-12-9-10(5-6-13(12)21-4)11-7-8-16-17-11;/h5-9,18H,1-4H3,(H,16,17)(H,19,20);1H. The maximum Gasteiger partial charge on any atom is 0.426 e. The number of ether oxygens (including phenoxy) is 2. The largest absolute Gasteiger partial charge is 0.495 e. The van der Waals surface area contributed by atoms with Crippen molar-refractivity contribution in [3.8, 4) is 17.0 Å². The number of carbonyl (C=O) groups excluding carboxylic acids is 1. The van der Waals surface area contributed by atoms with Gasteiger partial charge in [-0.2, -0.15) is 5.10 Å². The van der Waals surface area contributed by atoms with E-state index in [1.165, 1.54) is 0 Å². The molecule has 0 radical (unpaired) electrons. The number of benzene rings is 1. The molecule has 1 heterocycles. The van der Waals surface area contributed by atoms with E-state index in [-0.39, 0.29) is 12.4 Å². The molecule has 126 valence electrons. The monoisotopic (exact) mass is 340 g/mol. The van der Waals surface area contributed by atoms with Gasteiger partial charge in [0.2, 0.25) is 0 Å². The number of amides is 1. The number of hydrogen-bond acceptors (Lipinski definition) is 5. The van der Waals surface area contributed by atoms with Gasteiger partial charge in [0.15, 0.2) is 0 Å². The first kappa shape index (κ1) is 18.6. The Bertz CT molecular complexity index is 639. The van der Waals surface area contributed by atoms with Crippen molar-refractivity contribution >= 4 is 24.2 Å². The van der Waals surface area contributed by atoms with Gasteiger partial charge in [0.05, 0.1) is 18.5 Å². The quantitative estimate of drug-likeness (QED) is 0.743. The molecule has 0 aliphatic heterocycles. The summed E-state index contributed by atoms with van der Waals surface area (Å²) in [6.45, 7) is 5.39. The van der Waals surface area contributed by atoms with Crippen molar-refractivity contribution in [2.24, 2.45) is 0 Å². The Morgan fingerprint density at radius 2 is 2.00 bits per heavy atom. The van der Waals surface area contributed by atoms with Crippen LogP contribution < -0.4 is 15.6 Å². The second-order valence-corrected chi connectivity index (χ2v) is 5.64. The molecule has 0 fully saturated rings. The highest BCUT2D eigenvalue weighted by atomic mass is 35.5. The summed E-state index contributed by atoms with van der Waals surface area (Å²) in [5.74, 6) is 0.597. The van der Waals surface area contributed by atoms with Crippen LogP contribution in [0.5, 0.6) is 5.75 Å². The summed E-state index contributed by atoms with van der Waals surface area (Å²) in [6, 6.07) is 7.39. The normalized spacial score (nSPS) is 10.4. The summed E-state index contributed by atoms with van der Waals surface area (Å²) in [5.41, 5.74) is 7.11. The fraction of sp³-hybridized carbons (Fsp3) is 0.333. The van der Waals surface area contributed by atoms with Crippen LogP contribution in [0, 0.1) is 0 Å². The van der Waals surface area contributed by atoms with E-state index in [1.54, 1.807) is 40.1 Å². The molecule has 0 unspecified atom stereocenters. The van der Waals surface area contributed by atoms with Gasteiger partial charge < -0.3 is 9.47 Å². The van der Waals surface area contributed by atoms with Gasteiger partial charge in [-0.1, -0.05) is 0 Å². The number of halogens is 1. The molecule has 2 rings (SSSR count). The van der Waals surface area contributed by atoms with E-state index in [1.807, 2.05) is 18.2 Å². The van der Waals surface area contributed by atoms with E-state index in [0.29, 0.717) is 11.4 Å². The third-order valence-electron chi connectivity index (χ3n) is 2.71. The van der Waals surface area contributed by atoms with Gasteiger partial charge >= 0.3 is 6.09 Å². The van der Waals surface area contributed by atoms with Crippen LogP contribution in [-0.2, 0) is 4.74 Å². The highest BCUT2D eigenvalue weighted by Crippen LogP contribution is 2.29. The first-order valence-electron chi connectivity index (χ1n) is 6.82. The van der Waals surface area contributed by atoms with E-state index in [0.717, 1.165) is 11.3 Å². The van der Waals surface area contributed by atoms with Gasteiger partial charge in [-0.3, -0.25) is 10.5 Å². The van der Waals surface area contributed by atoms with Crippen LogP contribution in [-0.4, -0.2) is 29.0 Å². The molecular weight excluding hydrogens is 320 g/mol. The van der Waals surface area contributed by atoms with Crippen LogP contribution in [0.15, 0.2) is 30.5 Å².